The minimum absolute atomic E-state index is 0.0337. The van der Waals surface area contributed by atoms with Gasteiger partial charge in [0, 0.05) is 13.5 Å². The third-order valence-electron chi connectivity index (χ3n) is 7.96. The number of esters is 1. The molecule has 3 atom stereocenters. The normalized spacial score (nSPS) is 21.5. The van der Waals surface area contributed by atoms with Crippen LogP contribution in [0.5, 0.6) is 5.75 Å². The van der Waals surface area contributed by atoms with Gasteiger partial charge in [0.05, 0.1) is 22.6 Å². The number of hydrogen-bond donors (Lipinski definition) is 0. The van der Waals surface area contributed by atoms with Crippen molar-refractivity contribution in [3.05, 3.63) is 125 Å². The van der Waals surface area contributed by atoms with Gasteiger partial charge in [-0.1, -0.05) is 114 Å². The molecule has 2 aliphatic rings. The molecule has 0 bridgehead atoms. The van der Waals surface area contributed by atoms with E-state index in [2.05, 4.69) is 118 Å². The van der Waals surface area contributed by atoms with Gasteiger partial charge in [-0.05, 0) is 51.9 Å². The molecule has 192 valence electrons. The number of likely N-dealkylation sites (tertiary alicyclic amines) is 1. The Morgan fingerprint density at radius 2 is 1.45 bits per heavy atom. The van der Waals surface area contributed by atoms with Crippen LogP contribution in [0.25, 0.3) is 11.1 Å². The van der Waals surface area contributed by atoms with Crippen molar-refractivity contribution in [1.29, 1.82) is 0 Å². The molecule has 0 unspecified atom stereocenters. The van der Waals surface area contributed by atoms with E-state index < -0.39 is 5.54 Å². The number of nitrogens with zero attached hydrogens (tertiary/aromatic N) is 1. The highest BCUT2D eigenvalue weighted by molar-refractivity contribution is 14.1. The van der Waals surface area contributed by atoms with Crippen molar-refractivity contribution in [1.82, 2.24) is 4.90 Å². The van der Waals surface area contributed by atoms with Crippen LogP contribution in [0.1, 0.15) is 29.2 Å². The summed E-state index contributed by atoms with van der Waals surface area (Å²) in [5.41, 5.74) is 6.98. The van der Waals surface area contributed by atoms with Crippen LogP contribution in [0, 0.1) is 0 Å². The third-order valence-corrected chi connectivity index (χ3v) is 9.06. The number of rotatable bonds is 6. The molecule has 38 heavy (non-hydrogen) atoms. The number of ether oxygens (including phenoxy) is 2. The SMILES string of the molecule is COc1ccc(C[C@H]2[C@H](OC(C)=O)[C@@H](I)CN2C2(c3ccccc3)c3ccccc3-c3ccccc32)cc1. The first-order chi connectivity index (χ1) is 18.5. The molecule has 4 nitrogen and oxygen atoms in total. The smallest absolute Gasteiger partial charge is 0.302 e. The zero-order chi connectivity index (χ0) is 26.3. The Labute approximate surface area is 237 Å². The Bertz CT molecular complexity index is 1410. The first kappa shape index (κ1) is 25.1. The van der Waals surface area contributed by atoms with E-state index in [0.717, 1.165) is 18.7 Å². The zero-order valence-electron chi connectivity index (χ0n) is 21.5. The van der Waals surface area contributed by atoms with Crippen LogP contribution >= 0.6 is 22.6 Å². The fraction of sp³-hybridized carbons (Fsp3) is 0.242. The maximum atomic E-state index is 12.3. The zero-order valence-corrected chi connectivity index (χ0v) is 23.7. The van der Waals surface area contributed by atoms with E-state index in [1.54, 1.807) is 7.11 Å². The maximum absolute atomic E-state index is 12.3. The first-order valence-electron chi connectivity index (χ1n) is 13.0. The number of fused-ring (bicyclic) bond motifs is 3. The molecule has 1 heterocycles. The quantitative estimate of drug-likeness (QED) is 0.139. The summed E-state index contributed by atoms with van der Waals surface area (Å²) in [6.45, 7) is 2.31. The molecular formula is C33H30INO3. The van der Waals surface area contributed by atoms with Crippen molar-refractivity contribution in [3.8, 4) is 16.9 Å². The molecule has 0 N–H and O–H groups in total. The van der Waals surface area contributed by atoms with E-state index in [0.29, 0.717) is 0 Å². The lowest BCUT2D eigenvalue weighted by molar-refractivity contribution is -0.147. The fourth-order valence-corrected chi connectivity index (χ4v) is 7.53. The van der Waals surface area contributed by atoms with E-state index in [9.17, 15) is 4.79 Å². The highest BCUT2D eigenvalue weighted by Gasteiger charge is 2.56. The summed E-state index contributed by atoms with van der Waals surface area (Å²) in [5, 5.41) is 0. The first-order valence-corrected chi connectivity index (χ1v) is 14.2. The number of hydrogen-bond acceptors (Lipinski definition) is 4. The summed E-state index contributed by atoms with van der Waals surface area (Å²) in [4.78, 5) is 15.0. The molecule has 6 rings (SSSR count). The van der Waals surface area contributed by atoms with Crippen LogP contribution < -0.4 is 4.74 Å². The second kappa shape index (κ2) is 10.2. The number of carbonyl (C=O) groups excluding carboxylic acids is 1. The molecular weight excluding hydrogens is 585 g/mol. The number of benzene rings is 4. The number of carbonyl (C=O) groups is 1. The van der Waals surface area contributed by atoms with E-state index in [1.807, 2.05) is 12.1 Å². The fourth-order valence-electron chi connectivity index (χ4n) is 6.48. The van der Waals surface area contributed by atoms with Crippen LogP contribution in [-0.4, -0.2) is 40.6 Å². The van der Waals surface area contributed by atoms with Gasteiger partial charge < -0.3 is 9.47 Å². The Kier molecular flexibility index (Phi) is 6.74. The van der Waals surface area contributed by atoms with Crippen LogP contribution in [0.2, 0.25) is 0 Å². The van der Waals surface area contributed by atoms with Gasteiger partial charge in [-0.2, -0.15) is 0 Å². The predicted molar refractivity (Wildman–Crippen MR) is 159 cm³/mol. The van der Waals surface area contributed by atoms with Crippen molar-refractivity contribution < 1.29 is 14.3 Å². The standard InChI is InChI=1S/C33H30INO3/c1-22(36)38-32-30(34)21-35(31(32)20-23-16-18-25(37-2)19-17-23)33(24-10-4-3-5-11-24)28-14-8-6-12-26(28)27-13-7-9-15-29(27)33/h3-19,30-32H,20-21H2,1-2H3/t30-,31-,32+/m0/s1. The molecule has 0 spiro atoms. The van der Waals surface area contributed by atoms with E-state index in [-0.39, 0.29) is 22.0 Å². The van der Waals surface area contributed by atoms with E-state index >= 15 is 0 Å². The summed E-state index contributed by atoms with van der Waals surface area (Å²) < 4.78 is 11.6. The molecule has 0 saturated carbocycles. The molecule has 1 aliphatic heterocycles. The van der Waals surface area contributed by atoms with Crippen molar-refractivity contribution in [2.45, 2.75) is 35.0 Å². The molecule has 4 aromatic rings. The average molecular weight is 616 g/mol. The molecule has 1 saturated heterocycles. The number of methoxy groups -OCH3 is 1. The number of alkyl halides is 1. The van der Waals surface area contributed by atoms with Crippen molar-refractivity contribution >= 4 is 28.6 Å². The Balaban J connectivity index is 1.58. The van der Waals surface area contributed by atoms with Crippen molar-refractivity contribution in [2.75, 3.05) is 13.7 Å². The van der Waals surface area contributed by atoms with Gasteiger partial charge in [0.15, 0.2) is 0 Å². The molecule has 0 radical (unpaired) electrons. The summed E-state index contributed by atoms with van der Waals surface area (Å²) >= 11 is 2.48. The van der Waals surface area contributed by atoms with Crippen molar-refractivity contribution in [2.24, 2.45) is 0 Å². The summed E-state index contributed by atoms with van der Waals surface area (Å²) in [6, 6.07) is 36.6. The number of halogens is 1. The van der Waals surface area contributed by atoms with Crippen LogP contribution in [0.15, 0.2) is 103 Å². The van der Waals surface area contributed by atoms with Crippen molar-refractivity contribution in [3.63, 3.8) is 0 Å². The van der Waals surface area contributed by atoms with Gasteiger partial charge >= 0.3 is 5.97 Å². The lowest BCUT2D eigenvalue weighted by Crippen LogP contribution is -2.52. The minimum Gasteiger partial charge on any atom is -0.497 e. The van der Waals surface area contributed by atoms with Crippen LogP contribution in [0.3, 0.4) is 0 Å². The largest absolute Gasteiger partial charge is 0.497 e. The predicted octanol–water partition coefficient (Wildman–Crippen LogP) is 6.63. The summed E-state index contributed by atoms with van der Waals surface area (Å²) in [6.07, 6.45) is 0.510. The summed E-state index contributed by atoms with van der Waals surface area (Å²) in [7, 11) is 1.68. The minimum atomic E-state index is -0.510. The highest BCUT2D eigenvalue weighted by atomic mass is 127. The van der Waals surface area contributed by atoms with Gasteiger partial charge in [-0.3, -0.25) is 9.69 Å². The second-order valence-electron chi connectivity index (χ2n) is 10.0. The van der Waals surface area contributed by atoms with Crippen LogP contribution in [0.4, 0.5) is 0 Å². The maximum Gasteiger partial charge on any atom is 0.302 e. The van der Waals surface area contributed by atoms with Gasteiger partial charge in [0.2, 0.25) is 0 Å². The molecule has 1 aliphatic carbocycles. The van der Waals surface area contributed by atoms with E-state index in [1.165, 1.54) is 40.3 Å². The second-order valence-corrected chi connectivity index (χ2v) is 11.6. The van der Waals surface area contributed by atoms with E-state index in [4.69, 9.17) is 9.47 Å². The molecule has 5 heteroatoms. The average Bonchev–Trinajstić information content (AvgIpc) is 3.41. The molecule has 0 amide bonds. The van der Waals surface area contributed by atoms with Crippen LogP contribution in [-0.2, 0) is 21.5 Å². The third kappa shape index (κ3) is 4.03. The Morgan fingerprint density at radius 1 is 0.868 bits per heavy atom. The molecule has 0 aromatic heterocycles. The van der Waals surface area contributed by atoms with Gasteiger partial charge in [0.1, 0.15) is 11.9 Å². The molecule has 4 aromatic carbocycles. The Hall–Kier alpha value is -3.16. The lowest BCUT2D eigenvalue weighted by atomic mass is 9.78. The summed E-state index contributed by atoms with van der Waals surface area (Å²) in [5.74, 6) is 0.596. The van der Waals surface area contributed by atoms with Gasteiger partial charge in [-0.25, -0.2) is 0 Å². The highest BCUT2D eigenvalue weighted by Crippen LogP contribution is 2.56. The lowest BCUT2D eigenvalue weighted by Gasteiger charge is -2.45. The van der Waals surface area contributed by atoms with Gasteiger partial charge in [0.25, 0.3) is 0 Å². The Morgan fingerprint density at radius 3 is 2.03 bits per heavy atom. The van der Waals surface area contributed by atoms with Gasteiger partial charge in [-0.15, -0.1) is 0 Å². The molecule has 1 fully saturated rings. The topological polar surface area (TPSA) is 38.8 Å². The monoisotopic (exact) mass is 615 g/mol.